The molecule has 2 aromatic rings. The van der Waals surface area contributed by atoms with Crippen molar-refractivity contribution >= 4 is 11.6 Å². The van der Waals surface area contributed by atoms with Crippen LogP contribution in [0.1, 0.15) is 24.5 Å². The summed E-state index contributed by atoms with van der Waals surface area (Å²) in [6.45, 7) is 6.44. The molecule has 2 aromatic carbocycles. The molecule has 1 fully saturated rings. The van der Waals surface area contributed by atoms with Gasteiger partial charge in [0.2, 0.25) is 5.91 Å². The number of phenolic OH excluding ortho intramolecular Hbond substituents is 1. The van der Waals surface area contributed by atoms with Crippen LogP contribution in [-0.2, 0) is 11.3 Å². The van der Waals surface area contributed by atoms with E-state index in [2.05, 4.69) is 10.2 Å². The molecule has 0 radical (unpaired) electrons. The smallest absolute Gasteiger partial charge is 0.244 e. The van der Waals surface area contributed by atoms with E-state index in [1.54, 1.807) is 18.2 Å². The van der Waals surface area contributed by atoms with Crippen LogP contribution in [0.4, 0.5) is 5.69 Å². The molecule has 2 N–H and O–H groups in total. The van der Waals surface area contributed by atoms with Crippen LogP contribution in [0.15, 0.2) is 36.4 Å². The first-order valence-corrected chi connectivity index (χ1v) is 9.20. The Labute approximate surface area is 158 Å². The number of ether oxygens (including phenoxy) is 2. The van der Waals surface area contributed by atoms with Crippen molar-refractivity contribution < 1.29 is 19.4 Å². The predicted octanol–water partition coefficient (Wildman–Crippen LogP) is 3.07. The van der Waals surface area contributed by atoms with Gasteiger partial charge in [-0.2, -0.15) is 0 Å². The molecule has 4 rings (SSSR count). The fraction of sp³-hybridized carbons (Fsp3) is 0.381. The molecule has 0 spiro atoms. The monoisotopic (exact) mass is 368 g/mol. The summed E-state index contributed by atoms with van der Waals surface area (Å²) in [4.78, 5) is 15.0. The Hall–Kier alpha value is -2.73. The average molecular weight is 368 g/mol. The Morgan fingerprint density at radius 1 is 1.19 bits per heavy atom. The van der Waals surface area contributed by atoms with Gasteiger partial charge in [0.1, 0.15) is 19.0 Å². The van der Waals surface area contributed by atoms with Crippen molar-refractivity contribution in [1.82, 2.24) is 4.90 Å². The highest BCUT2D eigenvalue weighted by Gasteiger charge is 2.46. The van der Waals surface area contributed by atoms with Gasteiger partial charge in [-0.1, -0.05) is 12.1 Å². The standard InChI is InChI=1S/C21H24N2O4/c1-14-3-5-16(12-17(14)24)22-20(25)21(2)7-8-23(21)13-15-4-6-18-19(11-15)27-10-9-26-18/h3-6,11-12,24H,7-10,13H2,1-2H3,(H,22,25). The van der Waals surface area contributed by atoms with Gasteiger partial charge in [0.25, 0.3) is 0 Å². The van der Waals surface area contributed by atoms with E-state index < -0.39 is 5.54 Å². The number of benzene rings is 2. The van der Waals surface area contributed by atoms with E-state index in [1.165, 1.54) is 0 Å². The summed E-state index contributed by atoms with van der Waals surface area (Å²) < 4.78 is 11.2. The van der Waals surface area contributed by atoms with E-state index >= 15 is 0 Å². The van der Waals surface area contributed by atoms with Crippen LogP contribution in [0.3, 0.4) is 0 Å². The van der Waals surface area contributed by atoms with E-state index in [4.69, 9.17) is 9.47 Å². The molecule has 0 bridgehead atoms. The molecular formula is C21H24N2O4. The minimum absolute atomic E-state index is 0.0606. The molecule has 0 aromatic heterocycles. The Morgan fingerprint density at radius 2 is 1.96 bits per heavy atom. The largest absolute Gasteiger partial charge is 0.508 e. The molecule has 1 unspecified atom stereocenters. The second kappa shape index (κ2) is 6.78. The number of nitrogens with zero attached hydrogens (tertiary/aromatic N) is 1. The van der Waals surface area contributed by atoms with E-state index in [0.717, 1.165) is 35.6 Å². The quantitative estimate of drug-likeness (QED) is 0.868. The van der Waals surface area contributed by atoms with Crippen molar-refractivity contribution in [3.63, 3.8) is 0 Å². The molecule has 1 amide bonds. The van der Waals surface area contributed by atoms with Crippen LogP contribution in [-0.4, -0.2) is 41.2 Å². The zero-order valence-electron chi connectivity index (χ0n) is 15.6. The van der Waals surface area contributed by atoms with Crippen LogP contribution in [0.2, 0.25) is 0 Å². The number of hydrogen-bond donors (Lipinski definition) is 2. The topological polar surface area (TPSA) is 71.0 Å². The number of amides is 1. The van der Waals surface area contributed by atoms with Crippen molar-refractivity contribution in [3.8, 4) is 17.2 Å². The molecule has 6 heteroatoms. The van der Waals surface area contributed by atoms with Gasteiger partial charge in [-0.05, 0) is 49.6 Å². The van der Waals surface area contributed by atoms with Crippen molar-refractivity contribution in [2.24, 2.45) is 0 Å². The van der Waals surface area contributed by atoms with Gasteiger partial charge in [0, 0.05) is 24.8 Å². The lowest BCUT2D eigenvalue weighted by Gasteiger charge is -2.49. The lowest BCUT2D eigenvalue weighted by molar-refractivity contribution is -0.136. The first-order chi connectivity index (χ1) is 13.0. The summed E-state index contributed by atoms with van der Waals surface area (Å²) in [5, 5.41) is 12.8. The molecule has 0 saturated carbocycles. The van der Waals surface area contributed by atoms with Gasteiger partial charge < -0.3 is 19.9 Å². The Kier molecular flexibility index (Phi) is 4.44. The zero-order chi connectivity index (χ0) is 19.0. The van der Waals surface area contributed by atoms with E-state index in [9.17, 15) is 9.90 Å². The number of anilines is 1. The number of aryl methyl sites for hydroxylation is 1. The zero-order valence-corrected chi connectivity index (χ0v) is 15.6. The molecule has 27 heavy (non-hydrogen) atoms. The van der Waals surface area contributed by atoms with Crippen molar-refractivity contribution in [1.29, 1.82) is 0 Å². The van der Waals surface area contributed by atoms with E-state index in [0.29, 0.717) is 25.4 Å². The average Bonchev–Trinajstić information content (AvgIpc) is 2.67. The molecule has 142 valence electrons. The first kappa shape index (κ1) is 17.7. The molecule has 6 nitrogen and oxygen atoms in total. The molecule has 2 aliphatic heterocycles. The van der Waals surface area contributed by atoms with E-state index in [-0.39, 0.29) is 11.7 Å². The van der Waals surface area contributed by atoms with Gasteiger partial charge in [-0.15, -0.1) is 0 Å². The molecular weight excluding hydrogens is 344 g/mol. The molecule has 2 aliphatic rings. The number of hydrogen-bond acceptors (Lipinski definition) is 5. The van der Waals surface area contributed by atoms with Crippen molar-refractivity contribution in [2.45, 2.75) is 32.4 Å². The number of phenols is 1. The fourth-order valence-corrected chi connectivity index (χ4v) is 3.48. The number of aromatic hydroxyl groups is 1. The normalized spacial score (nSPS) is 21.4. The fourth-order valence-electron chi connectivity index (χ4n) is 3.48. The lowest BCUT2D eigenvalue weighted by atomic mass is 9.85. The summed E-state index contributed by atoms with van der Waals surface area (Å²) >= 11 is 0. The number of carbonyl (C=O) groups is 1. The number of rotatable bonds is 4. The number of likely N-dealkylation sites (tertiary alicyclic amines) is 1. The Balaban J connectivity index is 1.45. The maximum Gasteiger partial charge on any atom is 0.244 e. The maximum atomic E-state index is 12.9. The van der Waals surface area contributed by atoms with Crippen molar-refractivity contribution in [3.05, 3.63) is 47.5 Å². The SMILES string of the molecule is Cc1ccc(NC(=O)C2(C)CCN2Cc2ccc3c(c2)OCCO3)cc1O. The lowest BCUT2D eigenvalue weighted by Crippen LogP contribution is -2.63. The van der Waals surface area contributed by atoms with Gasteiger partial charge in [-0.25, -0.2) is 0 Å². The summed E-state index contributed by atoms with van der Waals surface area (Å²) in [7, 11) is 0. The van der Waals surface area contributed by atoms with Crippen LogP contribution in [0.5, 0.6) is 17.2 Å². The first-order valence-electron chi connectivity index (χ1n) is 9.20. The summed E-state index contributed by atoms with van der Waals surface area (Å²) in [5.41, 5.74) is 1.90. The van der Waals surface area contributed by atoms with Gasteiger partial charge in [0.05, 0.1) is 5.54 Å². The summed E-state index contributed by atoms with van der Waals surface area (Å²) in [6.07, 6.45) is 0.793. The second-order valence-corrected chi connectivity index (χ2v) is 7.38. The van der Waals surface area contributed by atoms with Crippen LogP contribution < -0.4 is 14.8 Å². The molecule has 1 atom stereocenters. The summed E-state index contributed by atoms with van der Waals surface area (Å²) in [6, 6.07) is 11.1. The Bertz CT molecular complexity index is 882. The van der Waals surface area contributed by atoms with Crippen LogP contribution in [0.25, 0.3) is 0 Å². The minimum atomic E-state index is -0.576. The van der Waals surface area contributed by atoms with Gasteiger partial charge in [-0.3, -0.25) is 9.69 Å². The third-order valence-electron chi connectivity index (χ3n) is 5.50. The van der Waals surface area contributed by atoms with E-state index in [1.807, 2.05) is 32.0 Å². The third-order valence-corrected chi connectivity index (χ3v) is 5.50. The van der Waals surface area contributed by atoms with Crippen LogP contribution in [0, 0.1) is 6.92 Å². The second-order valence-electron chi connectivity index (χ2n) is 7.38. The van der Waals surface area contributed by atoms with Gasteiger partial charge in [0.15, 0.2) is 11.5 Å². The van der Waals surface area contributed by atoms with Gasteiger partial charge >= 0.3 is 0 Å². The molecule has 1 saturated heterocycles. The summed E-state index contributed by atoms with van der Waals surface area (Å²) in [5.74, 6) is 1.66. The predicted molar refractivity (Wildman–Crippen MR) is 102 cm³/mol. The third kappa shape index (κ3) is 3.32. The van der Waals surface area contributed by atoms with Crippen LogP contribution >= 0.6 is 0 Å². The highest BCUT2D eigenvalue weighted by molar-refractivity contribution is 5.98. The number of nitrogens with one attached hydrogen (secondary N) is 1. The maximum absolute atomic E-state index is 12.9. The molecule has 0 aliphatic carbocycles. The van der Waals surface area contributed by atoms with Crippen molar-refractivity contribution in [2.75, 3.05) is 25.1 Å². The highest BCUT2D eigenvalue weighted by Crippen LogP contribution is 2.36. The number of fused-ring (bicyclic) bond motifs is 1. The Morgan fingerprint density at radius 3 is 2.67 bits per heavy atom. The minimum Gasteiger partial charge on any atom is -0.508 e. The number of carbonyl (C=O) groups excluding carboxylic acids is 1. The molecule has 2 heterocycles. The highest BCUT2D eigenvalue weighted by atomic mass is 16.6.